The van der Waals surface area contributed by atoms with Crippen LogP contribution < -0.4 is 10.0 Å². The van der Waals surface area contributed by atoms with Gasteiger partial charge in [0.05, 0.1) is 12.5 Å². The van der Waals surface area contributed by atoms with Crippen LogP contribution in [0.2, 0.25) is 0 Å². The fourth-order valence-corrected chi connectivity index (χ4v) is 4.21. The third-order valence-corrected chi connectivity index (χ3v) is 6.16. The van der Waals surface area contributed by atoms with Gasteiger partial charge in [-0.3, -0.25) is 14.8 Å². The molecule has 0 radical (unpaired) electrons. The predicted octanol–water partition coefficient (Wildman–Crippen LogP) is 1.49. The van der Waals surface area contributed by atoms with Crippen LogP contribution in [0.15, 0.2) is 18.3 Å². The number of rotatable bonds is 9. The van der Waals surface area contributed by atoms with Crippen molar-refractivity contribution < 1.29 is 29.5 Å². The first kappa shape index (κ1) is 22.0. The van der Waals surface area contributed by atoms with Crippen molar-refractivity contribution in [3.05, 3.63) is 23.9 Å². The Morgan fingerprint density at radius 2 is 2.17 bits per heavy atom. The number of nitrogens with one attached hydrogen (secondary N) is 1. The molecule has 1 aromatic heterocycles. The number of hydrogen-bond donors (Lipinski definition) is 3. The monoisotopic (exact) mass is 419 g/mol. The second kappa shape index (κ2) is 8.99. The molecule has 0 aromatic carbocycles. The zero-order valence-electron chi connectivity index (χ0n) is 17.6. The van der Waals surface area contributed by atoms with Gasteiger partial charge in [-0.05, 0) is 49.7 Å². The molecule has 9 heteroatoms. The number of unbranched alkanes of at least 4 members (excludes halogenated alkanes) is 1. The third-order valence-electron chi connectivity index (χ3n) is 6.16. The highest BCUT2D eigenvalue weighted by atomic mass is 16.5. The lowest BCUT2D eigenvalue weighted by Crippen LogP contribution is -2.48. The van der Waals surface area contributed by atoms with Crippen LogP contribution in [0.3, 0.4) is 0 Å². The van der Waals surface area contributed by atoms with Gasteiger partial charge in [-0.1, -0.05) is 24.5 Å². The summed E-state index contributed by atoms with van der Waals surface area (Å²) in [6.07, 6.45) is 6.52. The minimum Gasteiger partial charge on any atom is -0.350 e. The van der Waals surface area contributed by atoms with Crippen LogP contribution in [-0.2, 0) is 14.4 Å². The first-order valence-corrected chi connectivity index (χ1v) is 10.5. The van der Waals surface area contributed by atoms with Crippen molar-refractivity contribution in [2.45, 2.75) is 58.4 Å². The molecule has 1 spiro atoms. The van der Waals surface area contributed by atoms with Crippen LogP contribution in [0.4, 0.5) is 5.82 Å². The van der Waals surface area contributed by atoms with Crippen molar-refractivity contribution in [1.29, 1.82) is 0 Å². The minimum absolute atomic E-state index is 0.0149. The predicted molar refractivity (Wildman–Crippen MR) is 107 cm³/mol. The van der Waals surface area contributed by atoms with E-state index in [1.165, 1.54) is 6.20 Å². The van der Waals surface area contributed by atoms with Gasteiger partial charge in [0, 0.05) is 12.6 Å². The van der Waals surface area contributed by atoms with Crippen molar-refractivity contribution >= 4 is 24.0 Å². The molecule has 1 saturated carbocycles. The quantitative estimate of drug-likeness (QED) is 0.185. The van der Waals surface area contributed by atoms with Crippen LogP contribution in [0.25, 0.3) is 0 Å². The van der Waals surface area contributed by atoms with E-state index >= 15 is 0 Å². The number of aryl methyl sites for hydroxylation is 1. The smallest absolute Gasteiger partial charge is 0.330 e. The maximum atomic E-state index is 13.3. The lowest BCUT2D eigenvalue weighted by molar-refractivity contribution is -0.893. The number of aromatic nitrogens is 1. The highest BCUT2D eigenvalue weighted by molar-refractivity contribution is 5.97. The summed E-state index contributed by atoms with van der Waals surface area (Å²) < 4.78 is 0.860. The first-order valence-electron chi connectivity index (χ1n) is 10.5. The Morgan fingerprint density at radius 3 is 2.77 bits per heavy atom. The van der Waals surface area contributed by atoms with Crippen LogP contribution in [0.1, 0.15) is 51.0 Å². The van der Waals surface area contributed by atoms with Gasteiger partial charge >= 0.3 is 11.7 Å². The Balaban J connectivity index is 1.77. The Labute approximate surface area is 176 Å². The SMILES string of the molecule is CCCC[C@H](CN(O)C=O)C(=O)N1CC2(CC2)C[C@H]1C(=O)Nc1ccc(C)c[n+]1O. The largest absolute Gasteiger partial charge is 0.350 e. The second-order valence-corrected chi connectivity index (χ2v) is 8.68. The second-order valence-electron chi connectivity index (χ2n) is 8.68. The van der Waals surface area contributed by atoms with Gasteiger partial charge in [0.25, 0.3) is 0 Å². The van der Waals surface area contributed by atoms with E-state index in [0.717, 1.165) is 36.0 Å². The number of hydrogen-bond acceptors (Lipinski definition) is 5. The molecule has 1 saturated heterocycles. The number of pyridine rings is 1. The lowest BCUT2D eigenvalue weighted by Gasteiger charge is -2.28. The van der Waals surface area contributed by atoms with E-state index in [4.69, 9.17) is 0 Å². The molecule has 164 valence electrons. The Morgan fingerprint density at radius 1 is 1.43 bits per heavy atom. The molecule has 9 nitrogen and oxygen atoms in total. The molecular formula is C21H31N4O5+. The standard InChI is InChI=1S/C21H30N4O5/c1-3-4-5-16(12-23(29)14-26)20(28)24-13-21(8-9-21)10-17(24)19(27)22-18-7-6-15(2)11-25(18)30/h6-7,11,14,16-17,29-30H,3-5,8-10,12-13H2,1-2H3/p+1/t16-,17+/m1/s1. The van der Waals surface area contributed by atoms with E-state index in [0.29, 0.717) is 30.9 Å². The van der Waals surface area contributed by atoms with Gasteiger partial charge in [0.2, 0.25) is 12.3 Å². The van der Waals surface area contributed by atoms with E-state index in [-0.39, 0.29) is 29.6 Å². The number of likely N-dealkylation sites (tertiary alicyclic amines) is 1. The number of anilines is 1. The fourth-order valence-electron chi connectivity index (χ4n) is 4.21. The van der Waals surface area contributed by atoms with Gasteiger partial charge in [0.1, 0.15) is 12.2 Å². The maximum Gasteiger partial charge on any atom is 0.330 e. The zero-order chi connectivity index (χ0) is 21.9. The molecule has 0 bridgehead atoms. The van der Waals surface area contributed by atoms with Crippen LogP contribution >= 0.6 is 0 Å². The van der Waals surface area contributed by atoms with Crippen LogP contribution in [-0.4, -0.2) is 57.7 Å². The van der Waals surface area contributed by atoms with Crippen molar-refractivity contribution in [3.63, 3.8) is 0 Å². The highest BCUT2D eigenvalue weighted by Crippen LogP contribution is 2.55. The molecule has 0 unspecified atom stereocenters. The lowest BCUT2D eigenvalue weighted by atomic mass is 9.99. The molecule has 30 heavy (non-hydrogen) atoms. The van der Waals surface area contributed by atoms with Crippen molar-refractivity contribution in [2.24, 2.45) is 11.3 Å². The summed E-state index contributed by atoms with van der Waals surface area (Å²) >= 11 is 0. The Hall–Kier alpha value is -2.68. The molecule has 3 N–H and O–H groups in total. The number of hydroxylamine groups is 2. The van der Waals surface area contributed by atoms with Crippen molar-refractivity contribution in [2.75, 3.05) is 18.4 Å². The normalized spacial score (nSPS) is 20.1. The Bertz CT molecular complexity index is 811. The van der Waals surface area contributed by atoms with E-state index in [2.05, 4.69) is 5.32 Å². The average molecular weight is 420 g/mol. The molecule has 2 heterocycles. The maximum absolute atomic E-state index is 13.3. The van der Waals surface area contributed by atoms with Crippen LogP contribution in [0.5, 0.6) is 0 Å². The van der Waals surface area contributed by atoms with Crippen molar-refractivity contribution in [1.82, 2.24) is 9.96 Å². The van der Waals surface area contributed by atoms with E-state index in [9.17, 15) is 24.8 Å². The highest BCUT2D eigenvalue weighted by Gasteiger charge is 2.56. The summed E-state index contributed by atoms with van der Waals surface area (Å²) in [5, 5.41) is 22.9. The molecule has 1 aliphatic heterocycles. The summed E-state index contributed by atoms with van der Waals surface area (Å²) in [6.45, 7) is 4.25. The van der Waals surface area contributed by atoms with E-state index in [1.54, 1.807) is 17.0 Å². The summed E-state index contributed by atoms with van der Waals surface area (Å²) in [5.74, 6) is -0.885. The molecule has 2 atom stereocenters. The van der Waals surface area contributed by atoms with E-state index < -0.39 is 12.0 Å². The molecular weight excluding hydrogens is 388 g/mol. The number of carbonyl (C=O) groups excluding carboxylic acids is 3. The average Bonchev–Trinajstić information content (AvgIpc) is 3.36. The van der Waals surface area contributed by atoms with Gasteiger partial charge < -0.3 is 10.1 Å². The van der Waals surface area contributed by atoms with Gasteiger partial charge in [0.15, 0.2) is 0 Å². The third kappa shape index (κ3) is 4.89. The topological polar surface area (TPSA) is 114 Å². The van der Waals surface area contributed by atoms with Crippen molar-refractivity contribution in [3.8, 4) is 0 Å². The van der Waals surface area contributed by atoms with Gasteiger partial charge in [-0.15, -0.1) is 0 Å². The summed E-state index contributed by atoms with van der Waals surface area (Å²) in [5.41, 5.74) is 0.825. The van der Waals surface area contributed by atoms with Crippen LogP contribution in [0, 0.1) is 18.3 Å². The molecule has 2 fully saturated rings. The Kier molecular flexibility index (Phi) is 6.60. The molecule has 3 rings (SSSR count). The molecule has 2 aliphatic rings. The molecule has 3 amide bonds. The number of carbonyl (C=O) groups is 3. The first-order chi connectivity index (χ1) is 14.3. The summed E-state index contributed by atoms with van der Waals surface area (Å²) in [6, 6.07) is 2.74. The van der Waals surface area contributed by atoms with Gasteiger partial charge in [-0.25, -0.2) is 15.2 Å². The summed E-state index contributed by atoms with van der Waals surface area (Å²) in [4.78, 5) is 38.9. The number of amides is 3. The molecule has 1 aromatic rings. The molecule has 1 aliphatic carbocycles. The van der Waals surface area contributed by atoms with E-state index in [1.807, 2.05) is 13.8 Å². The summed E-state index contributed by atoms with van der Waals surface area (Å²) in [7, 11) is 0. The number of nitrogens with zero attached hydrogens (tertiary/aromatic N) is 3. The fraction of sp³-hybridized carbons (Fsp3) is 0.619. The minimum atomic E-state index is -0.645. The zero-order valence-corrected chi connectivity index (χ0v) is 17.6. The van der Waals surface area contributed by atoms with Gasteiger partial charge in [-0.2, -0.15) is 0 Å².